The van der Waals surface area contributed by atoms with Crippen LogP contribution >= 0.6 is 0 Å². The second kappa shape index (κ2) is 17.7. The van der Waals surface area contributed by atoms with Gasteiger partial charge in [0.2, 0.25) is 0 Å². The minimum absolute atomic E-state index is 0.00224. The zero-order chi connectivity index (χ0) is 60.7. The van der Waals surface area contributed by atoms with Gasteiger partial charge in [-0.2, -0.15) is 0 Å². The van der Waals surface area contributed by atoms with Crippen LogP contribution in [0.5, 0.6) is 0 Å². The first kappa shape index (κ1) is 52.7. The summed E-state index contributed by atoms with van der Waals surface area (Å²) in [6.45, 7) is 28.1. The van der Waals surface area contributed by atoms with Crippen molar-refractivity contribution in [2.75, 3.05) is 9.80 Å². The molecule has 3 aromatic heterocycles. The molecular weight excluding hydrogens is 1080 g/mol. The summed E-state index contributed by atoms with van der Waals surface area (Å²) in [5.41, 5.74) is 31.5. The average molecular weight is 1150 g/mol. The topological polar surface area (TPSA) is 21.3 Å². The third-order valence-corrected chi connectivity index (χ3v) is 20.8. The van der Waals surface area contributed by atoms with Gasteiger partial charge in [-0.3, -0.25) is 0 Å². The number of fused-ring (bicyclic) bond motifs is 17. The van der Waals surface area contributed by atoms with Gasteiger partial charge in [-0.1, -0.05) is 198 Å². The van der Waals surface area contributed by atoms with Crippen LogP contribution in [0, 0.1) is 0 Å². The van der Waals surface area contributed by atoms with Crippen molar-refractivity contribution in [2.24, 2.45) is 0 Å². The summed E-state index contributed by atoms with van der Waals surface area (Å²) in [5.74, 6) is 0. The predicted octanol–water partition coefficient (Wildman–Crippen LogP) is 17.4. The zero-order valence-electron chi connectivity index (χ0n) is 53.1. The highest BCUT2D eigenvalue weighted by Gasteiger charge is 2.45. The highest BCUT2D eigenvalue weighted by atomic mass is 15.2. The molecule has 4 aliphatic heterocycles. The number of hydrogen-bond donors (Lipinski definition) is 0. The van der Waals surface area contributed by atoms with Crippen molar-refractivity contribution in [3.8, 4) is 17.1 Å². The van der Waals surface area contributed by atoms with Crippen molar-refractivity contribution >= 4 is 146 Å². The van der Waals surface area contributed by atoms with Crippen LogP contribution in [0.3, 0.4) is 0 Å². The third kappa shape index (κ3) is 7.22. The first-order valence-corrected chi connectivity index (χ1v) is 32.2. The lowest BCUT2D eigenvalue weighted by Crippen LogP contribution is -2.60. The quantitative estimate of drug-likeness (QED) is 0.164. The lowest BCUT2D eigenvalue weighted by atomic mass is 9.33. The number of hydrogen-bond acceptors (Lipinski definition) is 2. The van der Waals surface area contributed by atoms with Gasteiger partial charge in [0.1, 0.15) is 0 Å². The van der Waals surface area contributed by atoms with Crippen LogP contribution in [-0.2, 0) is 21.7 Å². The van der Waals surface area contributed by atoms with E-state index in [0.717, 1.165) is 17.1 Å². The predicted molar refractivity (Wildman–Crippen MR) is 383 cm³/mol. The van der Waals surface area contributed by atoms with Crippen molar-refractivity contribution in [1.29, 1.82) is 0 Å². The number of benzene rings is 11. The van der Waals surface area contributed by atoms with E-state index in [1.807, 2.05) is 0 Å². The SMILES string of the molecule is CC(C)(C)c1ccc(N2c3ccc(C(C)(C)C)cc3B3c4c2cc(-n2c5ccc(C(C)(C)C)cc5c5cc(C(C)(C)C)ccc52)cc4-n2c4cc5c(cc4c4cccc3c42)c2cccc3c2n5-c2cccc4c2B3c2ccccc2N4c2ccccc2)cc1. The lowest BCUT2D eigenvalue weighted by molar-refractivity contribution is 0.590. The van der Waals surface area contributed by atoms with Crippen molar-refractivity contribution in [1.82, 2.24) is 13.7 Å². The molecule has 0 N–H and O–H groups in total. The lowest BCUT2D eigenvalue weighted by Gasteiger charge is -2.41. The molecule has 0 spiro atoms. The molecule has 0 aliphatic carbocycles. The second-order valence-electron chi connectivity index (χ2n) is 30.2. The highest BCUT2D eigenvalue weighted by molar-refractivity contribution is 7.01. The van der Waals surface area contributed by atoms with Crippen LogP contribution in [0.4, 0.5) is 34.1 Å². The minimum atomic E-state index is -0.0700. The molecule has 5 nitrogen and oxygen atoms in total. The van der Waals surface area contributed by atoms with Crippen molar-refractivity contribution in [3.63, 3.8) is 0 Å². The molecule has 0 radical (unpaired) electrons. The Bertz CT molecular complexity index is 5360. The van der Waals surface area contributed by atoms with Gasteiger partial charge >= 0.3 is 0 Å². The molecule has 0 saturated carbocycles. The molecule has 14 aromatic rings. The summed E-state index contributed by atoms with van der Waals surface area (Å²) in [7, 11) is 0. The molecular formula is C82H71B2N5. The molecule has 0 fully saturated rings. The minimum Gasteiger partial charge on any atom is -0.311 e. The maximum atomic E-state index is 2.70. The Labute approximate surface area is 522 Å². The van der Waals surface area contributed by atoms with Gasteiger partial charge in [-0.15, -0.1) is 0 Å². The fraction of sp³-hybridized carbons (Fsp3) is 0.195. The third-order valence-electron chi connectivity index (χ3n) is 20.8. The first-order chi connectivity index (χ1) is 42.7. The summed E-state index contributed by atoms with van der Waals surface area (Å²) in [5, 5.41) is 7.69. The van der Waals surface area contributed by atoms with Crippen LogP contribution < -0.4 is 42.6 Å². The summed E-state index contributed by atoms with van der Waals surface area (Å²) in [6, 6.07) is 83.0. The fourth-order valence-electron chi connectivity index (χ4n) is 16.4. The van der Waals surface area contributed by atoms with E-state index in [1.165, 1.54) is 155 Å². The summed E-state index contributed by atoms with van der Waals surface area (Å²) in [4.78, 5) is 5.11. The Balaban J connectivity index is 0.979. The van der Waals surface area contributed by atoms with Crippen LogP contribution in [0.15, 0.2) is 212 Å². The molecule has 7 heterocycles. The Morgan fingerprint density at radius 3 is 1.30 bits per heavy atom. The first-order valence-electron chi connectivity index (χ1n) is 32.2. The molecule has 0 atom stereocenters. The van der Waals surface area contributed by atoms with E-state index in [4.69, 9.17) is 0 Å². The summed E-state index contributed by atoms with van der Waals surface area (Å²) >= 11 is 0. The van der Waals surface area contributed by atoms with Crippen molar-refractivity contribution < 1.29 is 0 Å². The Morgan fingerprint density at radius 1 is 0.247 bits per heavy atom. The molecule has 0 unspecified atom stereocenters. The molecule has 0 bridgehead atoms. The van der Waals surface area contributed by atoms with Gasteiger partial charge in [0.25, 0.3) is 13.4 Å². The van der Waals surface area contributed by atoms with E-state index in [1.54, 1.807) is 0 Å². The van der Waals surface area contributed by atoms with Crippen LogP contribution in [-0.4, -0.2) is 27.1 Å². The van der Waals surface area contributed by atoms with Gasteiger partial charge in [0.05, 0.1) is 27.8 Å². The Kier molecular flexibility index (Phi) is 10.4. The average Bonchev–Trinajstić information content (AvgIpc) is 1.62. The van der Waals surface area contributed by atoms with Crippen molar-refractivity contribution in [3.05, 3.63) is 235 Å². The number of rotatable bonds is 3. The standard InChI is InChI=1S/C82H71B2N5/c1-79(2,3)48-31-36-53(37-32-48)86-68-40-35-51(82(10,11)12)43-64(68)84-63-27-19-24-56-60-46-59-55-23-18-26-62-77(55)88(70-30-20-29-69-75(70)83(62)61-25-16-17-28-67(61)85(69)52-21-14-13-15-22-52)71(59)47-72(60)89(78(56)63)74-45-54(44-73(86)76(74)84)87-65-38-33-49(80(4,5)6)41-57(65)58-42-50(81(7,8)9)34-39-66(58)87/h13-47H,1-12H3. The smallest absolute Gasteiger partial charge is 0.252 e. The van der Waals surface area contributed by atoms with Gasteiger partial charge in [0, 0.05) is 88.8 Å². The van der Waals surface area contributed by atoms with Crippen LogP contribution in [0.1, 0.15) is 105 Å². The van der Waals surface area contributed by atoms with E-state index in [-0.39, 0.29) is 35.1 Å². The molecule has 89 heavy (non-hydrogen) atoms. The molecule has 0 saturated heterocycles. The zero-order valence-corrected chi connectivity index (χ0v) is 53.1. The van der Waals surface area contributed by atoms with E-state index in [2.05, 4.69) is 319 Å². The molecule has 18 rings (SSSR count). The monoisotopic (exact) mass is 1150 g/mol. The molecule has 7 heteroatoms. The van der Waals surface area contributed by atoms with Gasteiger partial charge in [-0.25, -0.2) is 0 Å². The molecule has 0 amide bonds. The summed E-state index contributed by atoms with van der Waals surface area (Å²) < 4.78 is 7.93. The van der Waals surface area contributed by atoms with Gasteiger partial charge in [-0.05, 0) is 174 Å². The maximum Gasteiger partial charge on any atom is 0.252 e. The number of nitrogens with zero attached hydrogens (tertiary/aromatic N) is 5. The number of para-hydroxylation sites is 4. The normalized spacial score (nSPS) is 14.2. The summed E-state index contributed by atoms with van der Waals surface area (Å²) in [6.07, 6.45) is 0. The Morgan fingerprint density at radius 2 is 0.685 bits per heavy atom. The molecule has 430 valence electrons. The second-order valence-corrected chi connectivity index (χ2v) is 30.2. The highest BCUT2D eigenvalue weighted by Crippen LogP contribution is 2.48. The molecule has 4 aliphatic rings. The number of anilines is 6. The van der Waals surface area contributed by atoms with Gasteiger partial charge < -0.3 is 23.5 Å². The van der Waals surface area contributed by atoms with E-state index in [0.29, 0.717) is 0 Å². The molecule has 11 aromatic carbocycles. The van der Waals surface area contributed by atoms with Crippen LogP contribution in [0.2, 0.25) is 0 Å². The van der Waals surface area contributed by atoms with Crippen LogP contribution in [0.25, 0.3) is 82.5 Å². The van der Waals surface area contributed by atoms with E-state index >= 15 is 0 Å². The Hall–Kier alpha value is -9.45. The number of aromatic nitrogens is 3. The van der Waals surface area contributed by atoms with E-state index < -0.39 is 0 Å². The van der Waals surface area contributed by atoms with E-state index in [9.17, 15) is 0 Å². The largest absolute Gasteiger partial charge is 0.311 e. The van der Waals surface area contributed by atoms with Gasteiger partial charge in [0.15, 0.2) is 0 Å². The maximum absolute atomic E-state index is 2.70. The van der Waals surface area contributed by atoms with Crippen molar-refractivity contribution in [2.45, 2.75) is 105 Å². The fourth-order valence-corrected chi connectivity index (χ4v) is 16.4.